The molecule has 4 bridgehead atoms. The van der Waals surface area contributed by atoms with Crippen LogP contribution in [0.15, 0.2) is 65.8 Å². The highest BCUT2D eigenvalue weighted by Gasteiger charge is 2.51. The van der Waals surface area contributed by atoms with Crippen molar-refractivity contribution in [3.8, 4) is 11.5 Å². The SMILES string of the molecule is CCOc1cc(/C=N\NC(=O)c2ccc(Cl)c(Cl)c2)ccc1OCC(=O)Nc1ccc(C23CC4CC(CC(C4)C2)C3)cc1. The highest BCUT2D eigenvalue weighted by Crippen LogP contribution is 2.60. The second-order valence-corrected chi connectivity index (χ2v) is 12.9. The van der Waals surface area contributed by atoms with E-state index in [0.29, 0.717) is 39.7 Å². The number of hydrogen-bond donors (Lipinski definition) is 2. The molecule has 2 amide bonds. The third-order valence-electron chi connectivity index (χ3n) is 9.01. The van der Waals surface area contributed by atoms with Crippen LogP contribution in [0.1, 0.15) is 66.9 Å². The summed E-state index contributed by atoms with van der Waals surface area (Å²) >= 11 is 11.9. The summed E-state index contributed by atoms with van der Waals surface area (Å²) in [6, 6.07) is 18.2. The molecule has 4 saturated carbocycles. The van der Waals surface area contributed by atoms with Gasteiger partial charge in [0, 0.05) is 11.3 Å². The summed E-state index contributed by atoms with van der Waals surface area (Å²) in [7, 11) is 0. The molecule has 4 aliphatic carbocycles. The third kappa shape index (κ3) is 6.68. The first-order valence-corrected chi connectivity index (χ1v) is 15.6. The van der Waals surface area contributed by atoms with E-state index in [1.54, 1.807) is 30.3 Å². The van der Waals surface area contributed by atoms with Crippen molar-refractivity contribution in [3.63, 3.8) is 0 Å². The molecule has 0 spiro atoms. The number of carbonyl (C=O) groups is 2. The molecular weight excluding hydrogens is 585 g/mol. The summed E-state index contributed by atoms with van der Waals surface area (Å²) in [4.78, 5) is 25.1. The van der Waals surface area contributed by atoms with Gasteiger partial charge in [-0.2, -0.15) is 5.10 Å². The van der Waals surface area contributed by atoms with Gasteiger partial charge in [-0.3, -0.25) is 9.59 Å². The number of hydrazone groups is 1. The minimum atomic E-state index is -0.423. The van der Waals surface area contributed by atoms with Gasteiger partial charge >= 0.3 is 0 Å². The number of amides is 2. The van der Waals surface area contributed by atoms with Gasteiger partial charge in [0.2, 0.25) is 0 Å². The second kappa shape index (κ2) is 12.6. The number of ether oxygens (including phenoxy) is 2. The number of nitrogens with one attached hydrogen (secondary N) is 2. The fraction of sp³-hybridized carbons (Fsp3) is 0.382. The highest BCUT2D eigenvalue weighted by molar-refractivity contribution is 6.42. The lowest BCUT2D eigenvalue weighted by Crippen LogP contribution is -2.48. The van der Waals surface area contributed by atoms with E-state index in [1.165, 1.54) is 56.4 Å². The van der Waals surface area contributed by atoms with Crippen LogP contribution in [-0.2, 0) is 10.2 Å². The van der Waals surface area contributed by atoms with Gasteiger partial charge in [-0.25, -0.2) is 5.43 Å². The number of benzene rings is 3. The predicted octanol–water partition coefficient (Wildman–Crippen LogP) is 7.64. The van der Waals surface area contributed by atoms with Crippen molar-refractivity contribution in [3.05, 3.63) is 87.4 Å². The Bertz CT molecular complexity index is 1500. The molecule has 2 N–H and O–H groups in total. The summed E-state index contributed by atoms with van der Waals surface area (Å²) in [5.41, 5.74) is 6.01. The summed E-state index contributed by atoms with van der Waals surface area (Å²) in [5.74, 6) is 2.92. The Morgan fingerprint density at radius 2 is 1.58 bits per heavy atom. The van der Waals surface area contributed by atoms with Gasteiger partial charge in [0.1, 0.15) is 0 Å². The Morgan fingerprint density at radius 3 is 2.23 bits per heavy atom. The topological polar surface area (TPSA) is 89.0 Å². The Morgan fingerprint density at radius 1 is 0.884 bits per heavy atom. The van der Waals surface area contributed by atoms with Crippen LogP contribution >= 0.6 is 23.2 Å². The normalized spacial score (nSPS) is 23.7. The standard InChI is InChI=1S/C34H35Cl2N3O4/c1-2-42-31-14-21(19-37-39-33(41)25-4-9-28(35)29(36)15-25)3-10-30(31)43-20-32(40)38-27-7-5-26(6-8-27)34-16-22-11-23(17-34)13-24(12-22)18-34/h3-10,14-15,19,22-24H,2,11-13,16-18,20H2,1H3,(H,38,40)(H,39,41)/b37-19-. The molecule has 224 valence electrons. The zero-order valence-electron chi connectivity index (χ0n) is 24.1. The number of anilines is 1. The second-order valence-electron chi connectivity index (χ2n) is 12.1. The van der Waals surface area contributed by atoms with Crippen LogP contribution in [0, 0.1) is 17.8 Å². The van der Waals surface area contributed by atoms with Crippen LogP contribution in [0.25, 0.3) is 0 Å². The molecule has 3 aromatic rings. The van der Waals surface area contributed by atoms with E-state index >= 15 is 0 Å². The first-order valence-electron chi connectivity index (χ1n) is 14.9. The number of nitrogens with zero attached hydrogens (tertiary/aromatic N) is 1. The van der Waals surface area contributed by atoms with Crippen LogP contribution in [0.3, 0.4) is 0 Å². The molecule has 4 aliphatic rings. The Labute approximate surface area is 261 Å². The number of rotatable bonds is 10. The van der Waals surface area contributed by atoms with E-state index in [0.717, 1.165) is 23.4 Å². The summed E-state index contributed by atoms with van der Waals surface area (Å²) in [5, 5.41) is 7.62. The molecule has 0 radical (unpaired) electrons. The van der Waals surface area contributed by atoms with Crippen molar-refractivity contribution in [2.45, 2.75) is 50.9 Å². The molecule has 4 fully saturated rings. The Hall–Kier alpha value is -3.55. The van der Waals surface area contributed by atoms with Gasteiger partial charge in [-0.15, -0.1) is 0 Å². The zero-order chi connectivity index (χ0) is 30.0. The van der Waals surface area contributed by atoms with E-state index in [-0.39, 0.29) is 17.5 Å². The van der Waals surface area contributed by atoms with Crippen molar-refractivity contribution >= 4 is 46.9 Å². The molecule has 0 unspecified atom stereocenters. The molecule has 7 nitrogen and oxygen atoms in total. The van der Waals surface area contributed by atoms with Crippen LogP contribution in [0.4, 0.5) is 5.69 Å². The number of hydrogen-bond acceptors (Lipinski definition) is 5. The average Bonchev–Trinajstić information content (AvgIpc) is 2.98. The third-order valence-corrected chi connectivity index (χ3v) is 9.75. The molecule has 0 saturated heterocycles. The smallest absolute Gasteiger partial charge is 0.271 e. The van der Waals surface area contributed by atoms with Crippen molar-refractivity contribution < 1.29 is 19.1 Å². The van der Waals surface area contributed by atoms with Crippen molar-refractivity contribution in [1.82, 2.24) is 5.43 Å². The largest absolute Gasteiger partial charge is 0.490 e. The molecule has 0 atom stereocenters. The highest BCUT2D eigenvalue weighted by atomic mass is 35.5. The predicted molar refractivity (Wildman–Crippen MR) is 170 cm³/mol. The maximum Gasteiger partial charge on any atom is 0.271 e. The van der Waals surface area contributed by atoms with E-state index in [4.69, 9.17) is 32.7 Å². The quantitative estimate of drug-likeness (QED) is 0.180. The van der Waals surface area contributed by atoms with E-state index < -0.39 is 5.91 Å². The molecule has 43 heavy (non-hydrogen) atoms. The van der Waals surface area contributed by atoms with Gasteiger partial charge in [0.15, 0.2) is 18.1 Å². The molecule has 0 aromatic heterocycles. The minimum absolute atomic E-state index is 0.163. The molecule has 3 aromatic carbocycles. The van der Waals surface area contributed by atoms with Gasteiger partial charge in [-0.05, 0) is 128 Å². The first kappa shape index (κ1) is 29.5. The lowest BCUT2D eigenvalue weighted by Gasteiger charge is -2.57. The van der Waals surface area contributed by atoms with Crippen LogP contribution in [0.2, 0.25) is 10.0 Å². The van der Waals surface area contributed by atoms with Crippen molar-refractivity contribution in [2.75, 3.05) is 18.5 Å². The van der Waals surface area contributed by atoms with Gasteiger partial charge < -0.3 is 14.8 Å². The van der Waals surface area contributed by atoms with Crippen LogP contribution in [0.5, 0.6) is 11.5 Å². The van der Waals surface area contributed by atoms with Crippen molar-refractivity contribution in [2.24, 2.45) is 22.9 Å². The lowest BCUT2D eigenvalue weighted by molar-refractivity contribution is -0.118. The fourth-order valence-corrected chi connectivity index (χ4v) is 7.87. The van der Waals surface area contributed by atoms with Crippen molar-refractivity contribution in [1.29, 1.82) is 0 Å². The van der Waals surface area contributed by atoms with Gasteiger partial charge in [0.25, 0.3) is 11.8 Å². The molecule has 0 heterocycles. The molecule has 9 heteroatoms. The van der Waals surface area contributed by atoms with E-state index in [1.807, 2.05) is 19.1 Å². The first-order chi connectivity index (χ1) is 20.8. The number of halogens is 2. The summed E-state index contributed by atoms with van der Waals surface area (Å²) in [6.07, 6.45) is 9.72. The van der Waals surface area contributed by atoms with Crippen LogP contribution < -0.4 is 20.2 Å². The van der Waals surface area contributed by atoms with Crippen LogP contribution in [-0.4, -0.2) is 31.2 Å². The average molecular weight is 621 g/mol. The minimum Gasteiger partial charge on any atom is -0.490 e. The molecule has 0 aliphatic heterocycles. The van der Waals surface area contributed by atoms with Gasteiger partial charge in [0.05, 0.1) is 22.9 Å². The summed E-state index contributed by atoms with van der Waals surface area (Å²) in [6.45, 7) is 2.11. The maximum atomic E-state index is 12.7. The fourth-order valence-electron chi connectivity index (χ4n) is 7.57. The monoisotopic (exact) mass is 619 g/mol. The van der Waals surface area contributed by atoms with Gasteiger partial charge in [-0.1, -0.05) is 35.3 Å². The van der Waals surface area contributed by atoms with E-state index in [2.05, 4.69) is 28.0 Å². The lowest BCUT2D eigenvalue weighted by atomic mass is 9.48. The maximum absolute atomic E-state index is 12.7. The van der Waals surface area contributed by atoms with E-state index in [9.17, 15) is 9.59 Å². The molecule has 7 rings (SSSR count). The zero-order valence-corrected chi connectivity index (χ0v) is 25.6. The Balaban J connectivity index is 1.03. The number of carbonyl (C=O) groups excluding carboxylic acids is 2. The summed E-state index contributed by atoms with van der Waals surface area (Å²) < 4.78 is 11.5. The molecular formula is C34H35Cl2N3O4. The Kier molecular flexibility index (Phi) is 8.64.